The maximum absolute atomic E-state index is 11.1. The van der Waals surface area contributed by atoms with E-state index in [9.17, 15) is 4.79 Å². The highest BCUT2D eigenvalue weighted by atomic mass is 16.5. The first-order valence-electron chi connectivity index (χ1n) is 12.4. The number of aryl methyl sites for hydroxylation is 2. The van der Waals surface area contributed by atoms with Gasteiger partial charge in [-0.25, -0.2) is 4.79 Å². The van der Waals surface area contributed by atoms with Crippen molar-refractivity contribution in [2.75, 3.05) is 20.3 Å². The monoisotopic (exact) mass is 465 g/mol. The number of esters is 1. The van der Waals surface area contributed by atoms with Crippen molar-refractivity contribution in [3.63, 3.8) is 0 Å². The van der Waals surface area contributed by atoms with E-state index >= 15 is 0 Å². The van der Waals surface area contributed by atoms with Gasteiger partial charge in [-0.05, 0) is 73.8 Å². The average molecular weight is 466 g/mol. The molecule has 6 atom stereocenters. The van der Waals surface area contributed by atoms with Crippen LogP contribution in [0.15, 0.2) is 12.3 Å². The summed E-state index contributed by atoms with van der Waals surface area (Å²) in [5, 5.41) is 18.0. The topological polar surface area (TPSA) is 79.6 Å². The average Bonchev–Trinajstić information content (AvgIpc) is 2.79. The number of ether oxygens (including phenoxy) is 1. The van der Waals surface area contributed by atoms with Crippen molar-refractivity contribution >= 4 is 5.97 Å². The van der Waals surface area contributed by atoms with Gasteiger partial charge in [0.15, 0.2) is 0 Å². The number of carbonyl (C=O) groups excluding carboxylic acids is 1. The Morgan fingerprint density at radius 2 is 1.39 bits per heavy atom. The third kappa shape index (κ3) is 11.0. The Hall–Kier alpha value is -1.46. The summed E-state index contributed by atoms with van der Waals surface area (Å²) in [5.74, 6) is 4.03. The third-order valence-electron chi connectivity index (χ3n) is 7.35. The van der Waals surface area contributed by atoms with Crippen molar-refractivity contribution in [3.8, 4) is 0 Å². The van der Waals surface area contributed by atoms with Crippen molar-refractivity contribution in [2.24, 2.45) is 35.5 Å². The van der Waals surface area contributed by atoms with Crippen LogP contribution in [-0.2, 0) is 4.74 Å². The van der Waals surface area contributed by atoms with E-state index < -0.39 is 0 Å². The minimum atomic E-state index is -0.330. The Morgan fingerprint density at radius 1 is 0.939 bits per heavy atom. The fraction of sp³-hybridized carbons (Fsp3) is 0.786. The van der Waals surface area contributed by atoms with Gasteiger partial charge in [0.2, 0.25) is 0 Å². The summed E-state index contributed by atoms with van der Waals surface area (Å²) in [4.78, 5) is 15.2. The third-order valence-corrected chi connectivity index (χ3v) is 7.35. The van der Waals surface area contributed by atoms with E-state index in [0.717, 1.165) is 29.2 Å². The lowest BCUT2D eigenvalue weighted by Crippen LogP contribution is -2.24. The van der Waals surface area contributed by atoms with Crippen molar-refractivity contribution < 1.29 is 19.7 Å². The number of hydrogen-bond acceptors (Lipinski definition) is 5. The molecule has 2 aliphatic rings. The van der Waals surface area contributed by atoms with Crippen molar-refractivity contribution in [3.05, 3.63) is 29.1 Å². The molecule has 1 aromatic rings. The van der Waals surface area contributed by atoms with E-state index in [1.54, 1.807) is 19.2 Å². The molecule has 33 heavy (non-hydrogen) atoms. The van der Waals surface area contributed by atoms with Gasteiger partial charge in [0.1, 0.15) is 0 Å². The summed E-state index contributed by atoms with van der Waals surface area (Å²) in [7, 11) is 1.37. The second kappa shape index (κ2) is 16.2. The van der Waals surface area contributed by atoms with Crippen molar-refractivity contribution in [1.29, 1.82) is 0 Å². The van der Waals surface area contributed by atoms with Crippen LogP contribution in [0.2, 0.25) is 0 Å². The second-order valence-electron chi connectivity index (χ2n) is 10.3. The van der Waals surface area contributed by atoms with Crippen LogP contribution < -0.4 is 0 Å². The molecule has 6 unspecified atom stereocenters. The number of nitrogens with zero attached hydrogens (tertiary/aromatic N) is 1. The van der Waals surface area contributed by atoms with Crippen LogP contribution >= 0.6 is 0 Å². The van der Waals surface area contributed by atoms with Gasteiger partial charge in [0.25, 0.3) is 0 Å². The van der Waals surface area contributed by atoms with Crippen molar-refractivity contribution in [1.82, 2.24) is 4.98 Å². The highest BCUT2D eigenvalue weighted by molar-refractivity contribution is 5.90. The molecule has 0 bridgehead atoms. The van der Waals surface area contributed by atoms with Gasteiger partial charge in [0, 0.05) is 19.4 Å². The fourth-order valence-corrected chi connectivity index (χ4v) is 4.76. The molecule has 5 heteroatoms. The molecule has 3 rings (SSSR count). The molecule has 2 fully saturated rings. The summed E-state index contributed by atoms with van der Waals surface area (Å²) in [6.07, 6.45) is 9.53. The molecule has 0 aliphatic heterocycles. The molecule has 0 spiro atoms. The standard InChI is InChI=1S/C9H11NO2.2C9H18O.CH4/c1-6-4-8(9(11)12-3)7(2)10-5-6;2*1-7-3-4-8(2)9(5-7)6-10;/h4-5H,1-3H3;2*7-10H,3-6H2,1-2H3;1H4. The van der Waals surface area contributed by atoms with E-state index in [-0.39, 0.29) is 13.4 Å². The molecule has 2 saturated carbocycles. The summed E-state index contributed by atoms with van der Waals surface area (Å²) in [6, 6.07) is 1.77. The van der Waals surface area contributed by atoms with E-state index in [4.69, 9.17) is 10.2 Å². The Morgan fingerprint density at radius 3 is 1.76 bits per heavy atom. The van der Waals surface area contributed by atoms with Gasteiger partial charge in [-0.1, -0.05) is 60.8 Å². The lowest BCUT2D eigenvalue weighted by Gasteiger charge is -2.31. The number of rotatable bonds is 3. The van der Waals surface area contributed by atoms with Gasteiger partial charge < -0.3 is 14.9 Å². The zero-order valence-corrected chi connectivity index (χ0v) is 21.4. The molecule has 0 radical (unpaired) electrons. The fourth-order valence-electron chi connectivity index (χ4n) is 4.76. The number of carbonyl (C=O) groups is 1. The summed E-state index contributed by atoms with van der Waals surface area (Å²) in [5.41, 5.74) is 2.20. The van der Waals surface area contributed by atoms with Gasteiger partial charge >= 0.3 is 5.97 Å². The van der Waals surface area contributed by atoms with Crippen LogP contribution in [0, 0.1) is 49.4 Å². The van der Waals surface area contributed by atoms with E-state index in [1.807, 2.05) is 6.92 Å². The molecular weight excluding hydrogens is 414 g/mol. The number of hydrogen-bond donors (Lipinski definition) is 2. The number of methoxy groups -OCH3 is 1. The molecule has 192 valence electrons. The quantitative estimate of drug-likeness (QED) is 0.518. The smallest absolute Gasteiger partial charge is 0.339 e. The second-order valence-corrected chi connectivity index (χ2v) is 10.3. The lowest BCUT2D eigenvalue weighted by molar-refractivity contribution is 0.0599. The SMILES string of the molecule is C.CC1CCC(C)C(CO)C1.CC1CCC(C)C(CO)C1.COC(=O)c1cc(C)cnc1C. The predicted octanol–water partition coefficient (Wildman–Crippen LogP) is 6.22. The molecule has 5 nitrogen and oxygen atoms in total. The van der Waals surface area contributed by atoms with Crippen LogP contribution in [0.25, 0.3) is 0 Å². The molecule has 2 N–H and O–H groups in total. The number of aliphatic hydroxyl groups excluding tert-OH is 2. The number of pyridine rings is 1. The van der Waals surface area contributed by atoms with Gasteiger partial charge in [-0.3, -0.25) is 4.98 Å². The molecule has 0 aromatic carbocycles. The first kappa shape index (κ1) is 31.5. The van der Waals surface area contributed by atoms with Gasteiger partial charge in [0.05, 0.1) is 18.4 Å². The van der Waals surface area contributed by atoms with Crippen LogP contribution in [0.5, 0.6) is 0 Å². The van der Waals surface area contributed by atoms with E-state index in [2.05, 4.69) is 37.4 Å². The van der Waals surface area contributed by atoms with Crippen LogP contribution in [0.4, 0.5) is 0 Å². The van der Waals surface area contributed by atoms with E-state index in [0.29, 0.717) is 36.3 Å². The van der Waals surface area contributed by atoms with Crippen molar-refractivity contribution in [2.45, 2.75) is 87.5 Å². The summed E-state index contributed by atoms with van der Waals surface area (Å²) in [6.45, 7) is 13.5. The number of aliphatic hydroxyl groups is 2. The first-order chi connectivity index (χ1) is 15.1. The Bertz CT molecular complexity index is 652. The highest BCUT2D eigenvalue weighted by Crippen LogP contribution is 2.33. The zero-order valence-electron chi connectivity index (χ0n) is 21.4. The largest absolute Gasteiger partial charge is 0.465 e. The molecule has 1 aromatic heterocycles. The number of aromatic nitrogens is 1. The maximum atomic E-state index is 11.1. The molecule has 1 heterocycles. The van der Waals surface area contributed by atoms with Crippen LogP contribution in [0.1, 0.15) is 95.3 Å². The van der Waals surface area contributed by atoms with Gasteiger partial charge in [-0.15, -0.1) is 0 Å². The van der Waals surface area contributed by atoms with Crippen LogP contribution in [0.3, 0.4) is 0 Å². The lowest BCUT2D eigenvalue weighted by atomic mass is 9.76. The zero-order chi connectivity index (χ0) is 24.3. The normalized spacial score (nSPS) is 28.8. The molecular formula is C28H51NO4. The highest BCUT2D eigenvalue weighted by Gasteiger charge is 2.25. The first-order valence-corrected chi connectivity index (χ1v) is 12.4. The molecule has 0 amide bonds. The minimum absolute atomic E-state index is 0. The summed E-state index contributed by atoms with van der Waals surface area (Å²) >= 11 is 0. The Kier molecular flexibility index (Phi) is 15.5. The summed E-state index contributed by atoms with van der Waals surface area (Å²) < 4.78 is 4.59. The minimum Gasteiger partial charge on any atom is -0.465 e. The maximum Gasteiger partial charge on any atom is 0.339 e. The van der Waals surface area contributed by atoms with E-state index in [1.165, 1.54) is 45.6 Å². The van der Waals surface area contributed by atoms with Crippen LogP contribution in [-0.4, -0.2) is 41.5 Å². The van der Waals surface area contributed by atoms with Gasteiger partial charge in [-0.2, -0.15) is 0 Å². The molecule has 0 saturated heterocycles. The Labute approximate surface area is 203 Å². The Balaban J connectivity index is 0.000000461. The molecule has 2 aliphatic carbocycles. The predicted molar refractivity (Wildman–Crippen MR) is 137 cm³/mol.